The number of quaternary nitrogens is 1. The minimum absolute atomic E-state index is 0.111. The molecule has 2 rings (SSSR count). The molecule has 26 heavy (non-hydrogen) atoms. The maximum Gasteiger partial charge on any atom is 0.254 e. The Labute approximate surface area is 156 Å². The number of nitrogens with zero attached hydrogens (tertiary/aromatic N) is 2. The topological polar surface area (TPSA) is 66.7 Å². The van der Waals surface area contributed by atoms with Crippen molar-refractivity contribution >= 4 is 28.3 Å². The Morgan fingerprint density at radius 1 is 1.31 bits per heavy atom. The number of hydrogen-bond donors (Lipinski definition) is 2. The highest BCUT2D eigenvalue weighted by Crippen LogP contribution is 2.21. The van der Waals surface area contributed by atoms with E-state index in [1.165, 1.54) is 34.4 Å². The molecule has 0 unspecified atom stereocenters. The van der Waals surface area contributed by atoms with Gasteiger partial charge in [-0.05, 0) is 32.0 Å². The van der Waals surface area contributed by atoms with Gasteiger partial charge in [0.15, 0.2) is 5.13 Å². The highest BCUT2D eigenvalue weighted by Gasteiger charge is 2.21. The predicted molar refractivity (Wildman–Crippen MR) is 100 cm³/mol. The van der Waals surface area contributed by atoms with Crippen LogP contribution in [-0.2, 0) is 4.79 Å². The van der Waals surface area contributed by atoms with Crippen LogP contribution in [0.15, 0.2) is 24.3 Å². The van der Waals surface area contributed by atoms with Gasteiger partial charge in [0.05, 0.1) is 32.9 Å². The van der Waals surface area contributed by atoms with E-state index in [1.54, 1.807) is 6.07 Å². The summed E-state index contributed by atoms with van der Waals surface area (Å²) in [6.45, 7) is 4.76. The first-order valence-corrected chi connectivity index (χ1v) is 9.15. The third-order valence-electron chi connectivity index (χ3n) is 3.85. The molecule has 0 saturated carbocycles. The fourth-order valence-electron chi connectivity index (χ4n) is 2.27. The van der Waals surface area contributed by atoms with Crippen molar-refractivity contribution in [2.24, 2.45) is 0 Å². The van der Waals surface area contributed by atoms with E-state index >= 15 is 0 Å². The van der Waals surface area contributed by atoms with Crippen LogP contribution in [0.4, 0.5) is 9.52 Å². The van der Waals surface area contributed by atoms with Crippen molar-refractivity contribution in [2.75, 3.05) is 39.0 Å². The zero-order chi connectivity index (χ0) is 19.3. The average Bonchev–Trinajstić information content (AvgIpc) is 2.88. The van der Waals surface area contributed by atoms with Crippen LogP contribution in [0.25, 0.3) is 0 Å². The number of halogens is 1. The average molecular weight is 379 g/mol. The fraction of sp³-hybridized carbons (Fsp3) is 0.389. The number of aryl methyl sites for hydroxylation is 2. The number of benzene rings is 1. The first-order chi connectivity index (χ1) is 12.3. The van der Waals surface area contributed by atoms with Crippen LogP contribution in [0.5, 0.6) is 0 Å². The molecule has 0 radical (unpaired) electrons. The van der Waals surface area contributed by atoms with Gasteiger partial charge in [-0.1, -0.05) is 6.07 Å². The summed E-state index contributed by atoms with van der Waals surface area (Å²) in [4.78, 5) is 33.0. The Bertz CT molecular complexity index is 772. The molecule has 0 spiro atoms. The molecule has 1 aromatic carbocycles. The summed E-state index contributed by atoms with van der Waals surface area (Å²) in [5.74, 6) is -1.17. The number of carbonyl (C=O) groups excluding carboxylic acids is 2. The second-order valence-electron chi connectivity index (χ2n) is 6.40. The summed E-state index contributed by atoms with van der Waals surface area (Å²) < 4.78 is 13.4. The van der Waals surface area contributed by atoms with E-state index in [9.17, 15) is 14.0 Å². The maximum absolute atomic E-state index is 13.4. The first-order valence-electron chi connectivity index (χ1n) is 8.34. The standard InChI is InChI=1S/C18H23FN4O2S/c1-12-13(2)26-18(20-12)21-16(24)11-23(9-8-22(3)4)17(25)14-6-5-7-15(19)10-14/h5-7,10H,8-9,11H2,1-4H3,(H,20,21,24)/p+1. The van der Waals surface area contributed by atoms with Crippen LogP contribution >= 0.6 is 11.3 Å². The molecule has 2 amide bonds. The van der Waals surface area contributed by atoms with Crippen molar-refractivity contribution in [3.8, 4) is 0 Å². The number of nitrogens with one attached hydrogen (secondary N) is 2. The van der Waals surface area contributed by atoms with E-state index in [4.69, 9.17) is 0 Å². The molecule has 0 bridgehead atoms. The zero-order valence-corrected chi connectivity index (χ0v) is 16.2. The molecule has 6 nitrogen and oxygen atoms in total. The van der Waals surface area contributed by atoms with Crippen LogP contribution in [0.2, 0.25) is 0 Å². The Morgan fingerprint density at radius 2 is 2.04 bits per heavy atom. The van der Waals surface area contributed by atoms with Crippen LogP contribution < -0.4 is 10.2 Å². The SMILES string of the molecule is Cc1nc(NC(=O)CN(CC[NH+](C)C)C(=O)c2cccc(F)c2)sc1C. The first kappa shape index (κ1) is 20.0. The van der Waals surface area contributed by atoms with Gasteiger partial charge >= 0.3 is 0 Å². The van der Waals surface area contributed by atoms with Gasteiger partial charge in [0.2, 0.25) is 5.91 Å². The van der Waals surface area contributed by atoms with Gasteiger partial charge in [-0.3, -0.25) is 9.59 Å². The van der Waals surface area contributed by atoms with Crippen molar-refractivity contribution in [1.82, 2.24) is 9.88 Å². The molecular formula is C18H24FN4O2S+. The van der Waals surface area contributed by atoms with Crippen LogP contribution in [-0.4, -0.2) is 55.4 Å². The molecular weight excluding hydrogens is 355 g/mol. The molecule has 1 aromatic heterocycles. The minimum Gasteiger partial charge on any atom is -0.338 e. The van der Waals surface area contributed by atoms with Crippen LogP contribution in [0.1, 0.15) is 20.9 Å². The molecule has 0 aliphatic carbocycles. The summed E-state index contributed by atoms with van der Waals surface area (Å²) in [7, 11) is 3.93. The van der Waals surface area contributed by atoms with Gasteiger partial charge in [-0.25, -0.2) is 9.37 Å². The summed E-state index contributed by atoms with van der Waals surface area (Å²) in [6, 6.07) is 5.50. The number of hydrogen-bond acceptors (Lipinski definition) is 4. The highest BCUT2D eigenvalue weighted by molar-refractivity contribution is 7.15. The Hall–Kier alpha value is -2.32. The van der Waals surface area contributed by atoms with Crippen molar-refractivity contribution in [3.63, 3.8) is 0 Å². The van der Waals surface area contributed by atoms with E-state index in [0.717, 1.165) is 15.5 Å². The number of likely N-dealkylation sites (N-methyl/N-ethyl adjacent to an activating group) is 1. The molecule has 8 heteroatoms. The van der Waals surface area contributed by atoms with E-state index in [0.29, 0.717) is 18.2 Å². The number of aromatic nitrogens is 1. The van der Waals surface area contributed by atoms with Gasteiger partial charge in [-0.2, -0.15) is 0 Å². The normalized spacial score (nSPS) is 10.8. The van der Waals surface area contributed by atoms with E-state index in [2.05, 4.69) is 10.3 Å². The summed E-state index contributed by atoms with van der Waals surface area (Å²) in [5, 5.41) is 3.25. The number of rotatable bonds is 7. The van der Waals surface area contributed by atoms with Crippen LogP contribution in [0, 0.1) is 19.7 Å². The lowest BCUT2D eigenvalue weighted by molar-refractivity contribution is -0.857. The molecule has 0 fully saturated rings. The third-order valence-corrected chi connectivity index (χ3v) is 4.84. The zero-order valence-electron chi connectivity index (χ0n) is 15.4. The monoisotopic (exact) mass is 379 g/mol. The molecule has 1 heterocycles. The Balaban J connectivity index is 2.10. The van der Waals surface area contributed by atoms with Crippen LogP contribution in [0.3, 0.4) is 0 Å². The number of amides is 2. The van der Waals surface area contributed by atoms with Crippen molar-refractivity contribution in [2.45, 2.75) is 13.8 Å². The Morgan fingerprint density at radius 3 is 2.62 bits per heavy atom. The number of anilines is 1. The Kier molecular flexibility index (Phi) is 6.82. The smallest absolute Gasteiger partial charge is 0.254 e. The molecule has 0 atom stereocenters. The third kappa shape index (κ3) is 5.60. The van der Waals surface area contributed by atoms with Crippen molar-refractivity contribution in [1.29, 1.82) is 0 Å². The fourth-order valence-corrected chi connectivity index (χ4v) is 3.10. The summed E-state index contributed by atoms with van der Waals surface area (Å²) >= 11 is 1.39. The number of thiazole rings is 1. The van der Waals surface area contributed by atoms with Gasteiger partial charge < -0.3 is 15.1 Å². The predicted octanol–water partition coefficient (Wildman–Crippen LogP) is 1.12. The lowest BCUT2D eigenvalue weighted by Gasteiger charge is -2.22. The molecule has 140 valence electrons. The highest BCUT2D eigenvalue weighted by atomic mass is 32.1. The molecule has 0 aliphatic heterocycles. The largest absolute Gasteiger partial charge is 0.338 e. The van der Waals surface area contributed by atoms with Gasteiger partial charge in [0.25, 0.3) is 5.91 Å². The molecule has 2 aromatic rings. The minimum atomic E-state index is -0.479. The van der Waals surface area contributed by atoms with Crippen molar-refractivity contribution in [3.05, 3.63) is 46.2 Å². The molecule has 2 N–H and O–H groups in total. The maximum atomic E-state index is 13.4. The second-order valence-corrected chi connectivity index (χ2v) is 7.61. The second kappa shape index (κ2) is 8.86. The van der Waals surface area contributed by atoms with Gasteiger partial charge in [-0.15, -0.1) is 11.3 Å². The number of carbonyl (C=O) groups is 2. The van der Waals surface area contributed by atoms with Crippen molar-refractivity contribution < 1.29 is 18.9 Å². The molecule has 0 aliphatic rings. The summed E-state index contributed by atoms with van der Waals surface area (Å²) in [5.41, 5.74) is 1.10. The van der Waals surface area contributed by atoms with E-state index in [-0.39, 0.29) is 23.9 Å². The molecule has 0 saturated heterocycles. The lowest BCUT2D eigenvalue weighted by atomic mass is 10.2. The van der Waals surface area contributed by atoms with Gasteiger partial charge in [0.1, 0.15) is 12.4 Å². The van der Waals surface area contributed by atoms with Gasteiger partial charge in [0, 0.05) is 10.4 Å². The lowest BCUT2D eigenvalue weighted by Crippen LogP contribution is -3.06. The van der Waals surface area contributed by atoms with E-state index < -0.39 is 5.82 Å². The summed E-state index contributed by atoms with van der Waals surface area (Å²) in [6.07, 6.45) is 0. The quantitative estimate of drug-likeness (QED) is 0.758. The van der Waals surface area contributed by atoms with E-state index in [1.807, 2.05) is 27.9 Å².